The number of ether oxygens (including phenoxy) is 1. The molecule has 1 rings (SSSR count). The van der Waals surface area contributed by atoms with Gasteiger partial charge >= 0.3 is 0 Å². The Kier molecular flexibility index (Phi) is 7.06. The second-order valence-electron chi connectivity index (χ2n) is 5.20. The lowest BCUT2D eigenvalue weighted by molar-refractivity contribution is 0.115. The molecule has 0 saturated heterocycles. The smallest absolute Gasteiger partial charge is 0.0645 e. The van der Waals surface area contributed by atoms with E-state index in [9.17, 15) is 0 Å². The van der Waals surface area contributed by atoms with Crippen molar-refractivity contribution >= 4 is 0 Å². The summed E-state index contributed by atoms with van der Waals surface area (Å²) < 4.78 is 7.95. The second kappa shape index (κ2) is 8.33. The number of hydrogen-bond donors (Lipinski definition) is 1. The van der Waals surface area contributed by atoms with E-state index in [0.717, 1.165) is 38.6 Å². The fraction of sp³-hybridized carbons (Fsp3) is 0.733. The van der Waals surface area contributed by atoms with E-state index in [1.165, 1.54) is 5.69 Å². The lowest BCUT2D eigenvalue weighted by atomic mass is 10.1. The summed E-state index contributed by atoms with van der Waals surface area (Å²) >= 11 is 0. The van der Waals surface area contributed by atoms with Crippen LogP contribution in [0, 0.1) is 5.92 Å². The first kappa shape index (κ1) is 15.3. The van der Waals surface area contributed by atoms with Crippen LogP contribution < -0.4 is 5.32 Å². The normalized spacial score (nSPS) is 13.2. The Morgan fingerprint density at radius 3 is 2.72 bits per heavy atom. The van der Waals surface area contributed by atoms with Crippen LogP contribution in [0.2, 0.25) is 0 Å². The van der Waals surface area contributed by atoms with Gasteiger partial charge in [-0.1, -0.05) is 20.8 Å². The molecule has 1 unspecified atom stereocenters. The lowest BCUT2D eigenvalue weighted by Gasteiger charge is -2.16. The summed E-state index contributed by atoms with van der Waals surface area (Å²) in [6.07, 6.45) is 3.28. The first-order valence-electron chi connectivity index (χ1n) is 7.11. The van der Waals surface area contributed by atoms with Crippen molar-refractivity contribution in [2.75, 3.05) is 19.8 Å². The minimum Gasteiger partial charge on any atom is -0.380 e. The molecule has 0 spiro atoms. The van der Waals surface area contributed by atoms with E-state index in [0.29, 0.717) is 6.04 Å². The third-order valence-corrected chi connectivity index (χ3v) is 3.13. The van der Waals surface area contributed by atoms with Crippen molar-refractivity contribution in [1.29, 1.82) is 0 Å². The van der Waals surface area contributed by atoms with E-state index in [2.05, 4.69) is 55.9 Å². The summed E-state index contributed by atoms with van der Waals surface area (Å²) in [5, 5.41) is 3.44. The van der Waals surface area contributed by atoms with E-state index in [1.807, 2.05) is 0 Å². The summed E-state index contributed by atoms with van der Waals surface area (Å²) in [4.78, 5) is 0. The highest BCUT2D eigenvalue weighted by Crippen LogP contribution is 2.13. The van der Waals surface area contributed by atoms with E-state index in [1.54, 1.807) is 0 Å². The standard InChI is InChI=1S/C15H28N2O/c1-5-16-14(4)15-7-6-9-17(15)10-12-18-11-8-13(2)3/h6-7,9,13-14,16H,5,8,10-12H2,1-4H3. The zero-order valence-electron chi connectivity index (χ0n) is 12.3. The van der Waals surface area contributed by atoms with E-state index in [-0.39, 0.29) is 0 Å². The van der Waals surface area contributed by atoms with Crippen LogP contribution in [-0.4, -0.2) is 24.3 Å². The molecule has 0 saturated carbocycles. The molecule has 0 radical (unpaired) electrons. The number of nitrogens with zero attached hydrogens (tertiary/aromatic N) is 1. The van der Waals surface area contributed by atoms with Gasteiger partial charge in [0.2, 0.25) is 0 Å². The predicted molar refractivity (Wildman–Crippen MR) is 76.8 cm³/mol. The van der Waals surface area contributed by atoms with Gasteiger partial charge in [-0.25, -0.2) is 0 Å². The Morgan fingerprint density at radius 1 is 1.28 bits per heavy atom. The molecule has 18 heavy (non-hydrogen) atoms. The summed E-state index contributed by atoms with van der Waals surface area (Å²) in [6.45, 7) is 12.4. The van der Waals surface area contributed by atoms with Gasteiger partial charge in [-0.2, -0.15) is 0 Å². The number of rotatable bonds is 9. The largest absolute Gasteiger partial charge is 0.380 e. The molecule has 0 aliphatic carbocycles. The molecule has 3 nitrogen and oxygen atoms in total. The molecule has 0 aliphatic rings. The summed E-state index contributed by atoms with van der Waals surface area (Å²) in [7, 11) is 0. The quantitative estimate of drug-likeness (QED) is 0.683. The van der Waals surface area contributed by atoms with Gasteiger partial charge in [-0.3, -0.25) is 0 Å². The van der Waals surface area contributed by atoms with Crippen LogP contribution in [0.15, 0.2) is 18.3 Å². The molecule has 3 heteroatoms. The Hall–Kier alpha value is -0.800. The average Bonchev–Trinajstić information content (AvgIpc) is 2.77. The van der Waals surface area contributed by atoms with Gasteiger partial charge in [0.05, 0.1) is 6.61 Å². The van der Waals surface area contributed by atoms with Gasteiger partial charge in [0, 0.05) is 31.1 Å². The molecule has 0 fully saturated rings. The molecule has 0 aromatic carbocycles. The fourth-order valence-corrected chi connectivity index (χ4v) is 2.02. The van der Waals surface area contributed by atoms with Crippen LogP contribution in [-0.2, 0) is 11.3 Å². The van der Waals surface area contributed by atoms with Gasteiger partial charge in [0.25, 0.3) is 0 Å². The first-order valence-corrected chi connectivity index (χ1v) is 7.11. The topological polar surface area (TPSA) is 26.2 Å². The van der Waals surface area contributed by atoms with E-state index in [4.69, 9.17) is 4.74 Å². The number of aromatic nitrogens is 1. The summed E-state index contributed by atoms with van der Waals surface area (Å²) in [5.41, 5.74) is 1.34. The Bertz CT molecular complexity index is 320. The van der Waals surface area contributed by atoms with Crippen molar-refractivity contribution in [1.82, 2.24) is 9.88 Å². The predicted octanol–water partition coefficient (Wildman–Crippen LogP) is 3.22. The molecule has 104 valence electrons. The highest BCUT2D eigenvalue weighted by atomic mass is 16.5. The Labute approximate surface area is 112 Å². The Balaban J connectivity index is 2.31. The van der Waals surface area contributed by atoms with Gasteiger partial charge in [-0.15, -0.1) is 0 Å². The number of nitrogens with one attached hydrogen (secondary N) is 1. The molecule has 1 atom stereocenters. The van der Waals surface area contributed by atoms with Crippen molar-refractivity contribution in [3.05, 3.63) is 24.0 Å². The molecule has 0 amide bonds. The van der Waals surface area contributed by atoms with Gasteiger partial charge < -0.3 is 14.6 Å². The van der Waals surface area contributed by atoms with Crippen LogP contribution in [0.5, 0.6) is 0 Å². The molecule has 1 aromatic heterocycles. The van der Waals surface area contributed by atoms with Crippen molar-refractivity contribution in [3.63, 3.8) is 0 Å². The minimum absolute atomic E-state index is 0.403. The third-order valence-electron chi connectivity index (χ3n) is 3.13. The van der Waals surface area contributed by atoms with Crippen LogP contribution >= 0.6 is 0 Å². The maximum Gasteiger partial charge on any atom is 0.0645 e. The fourth-order valence-electron chi connectivity index (χ4n) is 2.02. The monoisotopic (exact) mass is 252 g/mol. The van der Waals surface area contributed by atoms with Crippen molar-refractivity contribution in [3.8, 4) is 0 Å². The highest BCUT2D eigenvalue weighted by Gasteiger charge is 2.08. The number of hydrogen-bond acceptors (Lipinski definition) is 2. The molecule has 1 heterocycles. The maximum absolute atomic E-state index is 5.67. The van der Waals surface area contributed by atoms with Crippen LogP contribution in [0.25, 0.3) is 0 Å². The van der Waals surface area contributed by atoms with Crippen molar-refractivity contribution in [2.45, 2.75) is 46.7 Å². The van der Waals surface area contributed by atoms with Crippen LogP contribution in [0.4, 0.5) is 0 Å². The molecular formula is C15H28N2O. The zero-order chi connectivity index (χ0) is 13.4. The second-order valence-corrected chi connectivity index (χ2v) is 5.20. The average molecular weight is 252 g/mol. The van der Waals surface area contributed by atoms with Gasteiger partial charge in [0.1, 0.15) is 0 Å². The molecule has 0 aliphatic heterocycles. The Morgan fingerprint density at radius 2 is 2.06 bits per heavy atom. The molecular weight excluding hydrogens is 224 g/mol. The van der Waals surface area contributed by atoms with E-state index < -0.39 is 0 Å². The third kappa shape index (κ3) is 5.23. The van der Waals surface area contributed by atoms with Crippen LogP contribution in [0.3, 0.4) is 0 Å². The van der Waals surface area contributed by atoms with Crippen LogP contribution in [0.1, 0.15) is 45.9 Å². The van der Waals surface area contributed by atoms with Gasteiger partial charge in [-0.05, 0) is 37.9 Å². The maximum atomic E-state index is 5.67. The lowest BCUT2D eigenvalue weighted by Crippen LogP contribution is -2.21. The molecule has 1 aromatic rings. The molecule has 0 bridgehead atoms. The summed E-state index contributed by atoms with van der Waals surface area (Å²) in [5.74, 6) is 0.723. The van der Waals surface area contributed by atoms with Gasteiger partial charge in [0.15, 0.2) is 0 Å². The van der Waals surface area contributed by atoms with E-state index >= 15 is 0 Å². The highest BCUT2D eigenvalue weighted by molar-refractivity contribution is 5.11. The first-order chi connectivity index (χ1) is 8.65. The summed E-state index contributed by atoms with van der Waals surface area (Å²) in [6, 6.07) is 4.69. The SMILES string of the molecule is CCNC(C)c1cccn1CCOCCC(C)C. The van der Waals surface area contributed by atoms with Crippen molar-refractivity contribution in [2.24, 2.45) is 5.92 Å². The van der Waals surface area contributed by atoms with Crippen molar-refractivity contribution < 1.29 is 4.74 Å². The molecule has 1 N–H and O–H groups in total. The zero-order valence-corrected chi connectivity index (χ0v) is 12.3. The minimum atomic E-state index is 0.403.